The fraction of sp³-hybridized carbons (Fsp3) is 0.385. The van der Waals surface area contributed by atoms with Crippen LogP contribution in [0.1, 0.15) is 0 Å². The quantitative estimate of drug-likeness (QED) is 0.478. The van der Waals surface area contributed by atoms with Gasteiger partial charge in [0.05, 0.1) is 11.3 Å². The standard InChI is InChI=1S/C13H19N5O/c1-17-4-6-18(7-5-17)10-2-3-16-12(8-10)11(9-14)13(15)19/h2-3,8-9,14,16H,4-7H2,1H3,(H2,15,19)/b12-11+,14-9?. The molecule has 2 rings (SSSR count). The van der Waals surface area contributed by atoms with Crippen LogP contribution in [0.15, 0.2) is 35.3 Å². The van der Waals surface area contributed by atoms with E-state index in [2.05, 4.69) is 22.2 Å². The van der Waals surface area contributed by atoms with E-state index in [1.807, 2.05) is 12.2 Å². The summed E-state index contributed by atoms with van der Waals surface area (Å²) in [6, 6.07) is 0. The largest absolute Gasteiger partial charge is 0.369 e. The second kappa shape index (κ2) is 5.71. The van der Waals surface area contributed by atoms with Gasteiger partial charge in [0.1, 0.15) is 0 Å². The van der Waals surface area contributed by atoms with Crippen molar-refractivity contribution in [3.8, 4) is 0 Å². The lowest BCUT2D eigenvalue weighted by molar-refractivity contribution is -0.114. The molecule has 0 bridgehead atoms. The van der Waals surface area contributed by atoms with Crippen molar-refractivity contribution in [3.05, 3.63) is 35.3 Å². The summed E-state index contributed by atoms with van der Waals surface area (Å²) >= 11 is 0. The first-order valence-corrected chi connectivity index (χ1v) is 6.24. The zero-order chi connectivity index (χ0) is 13.8. The number of nitrogens with zero attached hydrogens (tertiary/aromatic N) is 2. The average molecular weight is 261 g/mol. The van der Waals surface area contributed by atoms with Gasteiger partial charge in [-0.15, -0.1) is 0 Å². The SMILES string of the molecule is CN1CCN(C2=C/C(=C(/C=N)C(N)=O)NC=C2)CC1. The van der Waals surface area contributed by atoms with E-state index < -0.39 is 5.91 Å². The Kier molecular flexibility index (Phi) is 4.01. The molecule has 1 amide bonds. The number of nitrogens with two attached hydrogens (primary N) is 1. The smallest absolute Gasteiger partial charge is 0.252 e. The molecule has 19 heavy (non-hydrogen) atoms. The molecular formula is C13H19N5O. The van der Waals surface area contributed by atoms with Crippen molar-refractivity contribution >= 4 is 12.1 Å². The van der Waals surface area contributed by atoms with E-state index in [-0.39, 0.29) is 5.57 Å². The Labute approximate surface area is 112 Å². The first-order chi connectivity index (χ1) is 9.11. The van der Waals surface area contributed by atoms with E-state index >= 15 is 0 Å². The van der Waals surface area contributed by atoms with Gasteiger partial charge in [-0.3, -0.25) is 4.79 Å². The molecule has 2 aliphatic rings. The number of carbonyl (C=O) groups excluding carboxylic acids is 1. The van der Waals surface area contributed by atoms with Crippen LogP contribution in [0.3, 0.4) is 0 Å². The monoisotopic (exact) mass is 261 g/mol. The molecule has 0 radical (unpaired) electrons. The Morgan fingerprint density at radius 2 is 2.11 bits per heavy atom. The lowest BCUT2D eigenvalue weighted by atomic mass is 10.1. The first-order valence-electron chi connectivity index (χ1n) is 6.24. The van der Waals surface area contributed by atoms with Gasteiger partial charge in [-0.1, -0.05) is 0 Å². The normalized spacial score (nSPS) is 22.6. The van der Waals surface area contributed by atoms with Crippen molar-refractivity contribution in [2.24, 2.45) is 5.73 Å². The third-order valence-electron chi connectivity index (χ3n) is 3.35. The number of rotatable bonds is 3. The number of allylic oxidation sites excluding steroid dienone is 2. The van der Waals surface area contributed by atoms with E-state index in [4.69, 9.17) is 11.1 Å². The highest BCUT2D eigenvalue weighted by atomic mass is 16.1. The Morgan fingerprint density at radius 1 is 1.42 bits per heavy atom. The van der Waals surface area contributed by atoms with E-state index in [1.165, 1.54) is 0 Å². The molecular weight excluding hydrogens is 242 g/mol. The predicted octanol–water partition coefficient (Wildman–Crippen LogP) is -0.376. The number of amides is 1. The van der Waals surface area contributed by atoms with Crippen molar-refractivity contribution < 1.29 is 4.79 Å². The second-order valence-corrected chi connectivity index (χ2v) is 4.67. The fourth-order valence-corrected chi connectivity index (χ4v) is 2.15. The van der Waals surface area contributed by atoms with Gasteiger partial charge in [0.2, 0.25) is 0 Å². The summed E-state index contributed by atoms with van der Waals surface area (Å²) in [5, 5.41) is 10.2. The molecule has 1 saturated heterocycles. The molecule has 0 spiro atoms. The molecule has 0 atom stereocenters. The molecule has 102 valence electrons. The minimum atomic E-state index is -0.596. The van der Waals surface area contributed by atoms with Gasteiger partial charge in [-0.25, -0.2) is 0 Å². The van der Waals surface area contributed by atoms with Crippen molar-refractivity contribution in [2.75, 3.05) is 33.2 Å². The van der Waals surface area contributed by atoms with Crippen LogP contribution < -0.4 is 11.1 Å². The van der Waals surface area contributed by atoms with Crippen molar-refractivity contribution in [3.63, 3.8) is 0 Å². The minimum absolute atomic E-state index is 0.191. The minimum Gasteiger partial charge on any atom is -0.369 e. The number of primary amides is 1. The number of dihydropyridines is 1. The molecule has 6 heteroatoms. The maximum absolute atomic E-state index is 11.3. The molecule has 0 aromatic rings. The molecule has 0 aromatic heterocycles. The second-order valence-electron chi connectivity index (χ2n) is 4.67. The molecule has 1 fully saturated rings. The van der Waals surface area contributed by atoms with Gasteiger partial charge in [-0.2, -0.15) is 0 Å². The van der Waals surface area contributed by atoms with Crippen LogP contribution >= 0.6 is 0 Å². The molecule has 0 aromatic carbocycles. The summed E-state index contributed by atoms with van der Waals surface area (Å²) in [5.41, 5.74) is 7.08. The van der Waals surface area contributed by atoms with E-state index in [0.717, 1.165) is 38.1 Å². The van der Waals surface area contributed by atoms with Crippen LogP contribution in [0.4, 0.5) is 0 Å². The number of nitrogens with one attached hydrogen (secondary N) is 2. The Balaban J connectivity index is 2.21. The highest BCUT2D eigenvalue weighted by molar-refractivity contribution is 6.11. The van der Waals surface area contributed by atoms with Gasteiger partial charge in [0, 0.05) is 44.3 Å². The summed E-state index contributed by atoms with van der Waals surface area (Å²) in [6.07, 6.45) is 6.60. The molecule has 6 nitrogen and oxygen atoms in total. The van der Waals surface area contributed by atoms with Crippen molar-refractivity contribution in [1.82, 2.24) is 15.1 Å². The van der Waals surface area contributed by atoms with Gasteiger partial charge < -0.3 is 26.3 Å². The zero-order valence-electron chi connectivity index (χ0n) is 11.0. The third-order valence-corrected chi connectivity index (χ3v) is 3.35. The number of carbonyl (C=O) groups is 1. The molecule has 0 aliphatic carbocycles. The van der Waals surface area contributed by atoms with Gasteiger partial charge >= 0.3 is 0 Å². The number of hydrogen-bond donors (Lipinski definition) is 3. The average Bonchev–Trinajstić information content (AvgIpc) is 2.40. The first kappa shape index (κ1) is 13.4. The number of likely N-dealkylation sites (N-methyl/N-ethyl adjacent to an activating group) is 1. The van der Waals surface area contributed by atoms with Crippen molar-refractivity contribution in [1.29, 1.82) is 5.41 Å². The predicted molar refractivity (Wildman–Crippen MR) is 74.4 cm³/mol. The van der Waals surface area contributed by atoms with Crippen LogP contribution in [-0.2, 0) is 4.79 Å². The summed E-state index contributed by atoms with van der Waals surface area (Å²) < 4.78 is 0. The van der Waals surface area contributed by atoms with Gasteiger partial charge in [-0.05, 0) is 19.2 Å². The highest BCUT2D eigenvalue weighted by Gasteiger charge is 2.18. The summed E-state index contributed by atoms with van der Waals surface area (Å²) in [7, 11) is 2.11. The maximum Gasteiger partial charge on any atom is 0.252 e. The zero-order valence-corrected chi connectivity index (χ0v) is 11.0. The van der Waals surface area contributed by atoms with Crippen LogP contribution in [0.25, 0.3) is 0 Å². The van der Waals surface area contributed by atoms with Crippen LogP contribution in [0.2, 0.25) is 0 Å². The molecule has 0 saturated carbocycles. The van der Waals surface area contributed by atoms with Crippen LogP contribution in [0.5, 0.6) is 0 Å². The van der Waals surface area contributed by atoms with Crippen LogP contribution in [0, 0.1) is 5.41 Å². The molecule has 0 unspecified atom stereocenters. The number of hydrogen-bond acceptors (Lipinski definition) is 5. The van der Waals surface area contributed by atoms with Gasteiger partial charge in [0.25, 0.3) is 5.91 Å². The Bertz CT molecular complexity index is 469. The van der Waals surface area contributed by atoms with Gasteiger partial charge in [0.15, 0.2) is 0 Å². The van der Waals surface area contributed by atoms with Crippen LogP contribution in [-0.4, -0.2) is 55.1 Å². The lowest BCUT2D eigenvalue weighted by Gasteiger charge is -2.35. The molecule has 2 aliphatic heterocycles. The topological polar surface area (TPSA) is 85.5 Å². The Hall–Kier alpha value is -2.08. The van der Waals surface area contributed by atoms with E-state index in [1.54, 1.807) is 6.20 Å². The summed E-state index contributed by atoms with van der Waals surface area (Å²) in [5.74, 6) is -0.596. The van der Waals surface area contributed by atoms with Crippen molar-refractivity contribution in [2.45, 2.75) is 0 Å². The fourth-order valence-electron chi connectivity index (χ4n) is 2.15. The van der Waals surface area contributed by atoms with E-state index in [0.29, 0.717) is 5.70 Å². The number of piperazine rings is 1. The summed E-state index contributed by atoms with van der Waals surface area (Å²) in [6.45, 7) is 3.95. The lowest BCUT2D eigenvalue weighted by Crippen LogP contribution is -2.44. The third kappa shape index (κ3) is 3.03. The molecule has 2 heterocycles. The molecule has 4 N–H and O–H groups in total. The Morgan fingerprint density at radius 3 is 2.68 bits per heavy atom. The highest BCUT2D eigenvalue weighted by Crippen LogP contribution is 2.16. The maximum atomic E-state index is 11.3. The summed E-state index contributed by atoms with van der Waals surface area (Å²) in [4.78, 5) is 15.8. The van der Waals surface area contributed by atoms with E-state index in [9.17, 15) is 4.79 Å².